The zero-order valence-corrected chi connectivity index (χ0v) is 24.3. The summed E-state index contributed by atoms with van der Waals surface area (Å²) >= 11 is 6.70. The first-order chi connectivity index (χ1) is 20.4. The van der Waals surface area contributed by atoms with E-state index in [1.54, 1.807) is 47.2 Å². The Morgan fingerprint density at radius 3 is 2.57 bits per heavy atom. The average molecular weight is 590 g/mol. The largest absolute Gasteiger partial charge is 0.497 e. The number of anilines is 2. The first-order valence-corrected chi connectivity index (χ1v) is 13.9. The van der Waals surface area contributed by atoms with E-state index in [9.17, 15) is 9.59 Å². The lowest BCUT2D eigenvalue weighted by atomic mass is 10.0. The van der Waals surface area contributed by atoms with Crippen molar-refractivity contribution in [3.8, 4) is 22.6 Å². The Balaban J connectivity index is 1.50. The van der Waals surface area contributed by atoms with Crippen molar-refractivity contribution in [2.75, 3.05) is 52.3 Å². The van der Waals surface area contributed by atoms with E-state index in [4.69, 9.17) is 26.1 Å². The van der Waals surface area contributed by atoms with Crippen LogP contribution in [0.25, 0.3) is 22.2 Å². The SMILES string of the molecule is C=CC(=O)N1CCN(CCCn2c(=O)c(-c3cc(OC)cc(OC)c3Cl)cc3cnc(Nc4ccccn4)nc32)CC1. The van der Waals surface area contributed by atoms with Gasteiger partial charge in [0.15, 0.2) is 0 Å². The van der Waals surface area contributed by atoms with Gasteiger partial charge in [-0.15, -0.1) is 0 Å². The van der Waals surface area contributed by atoms with Crippen molar-refractivity contribution >= 4 is 40.3 Å². The van der Waals surface area contributed by atoms with E-state index in [0.29, 0.717) is 76.5 Å². The van der Waals surface area contributed by atoms with Crippen LogP contribution >= 0.6 is 11.6 Å². The van der Waals surface area contributed by atoms with Gasteiger partial charge in [0.05, 0.1) is 19.2 Å². The Labute approximate surface area is 248 Å². The van der Waals surface area contributed by atoms with E-state index in [2.05, 4.69) is 26.8 Å². The number of halogens is 1. The van der Waals surface area contributed by atoms with Crippen molar-refractivity contribution in [3.63, 3.8) is 0 Å². The highest BCUT2D eigenvalue weighted by Gasteiger charge is 2.21. The number of carbonyl (C=O) groups is 1. The highest BCUT2D eigenvalue weighted by atomic mass is 35.5. The summed E-state index contributed by atoms with van der Waals surface area (Å²) in [5.74, 6) is 1.78. The minimum atomic E-state index is -0.247. The molecule has 1 N–H and O–H groups in total. The maximum atomic E-state index is 14.1. The van der Waals surface area contributed by atoms with Gasteiger partial charge in [0.1, 0.15) is 23.0 Å². The van der Waals surface area contributed by atoms with Gasteiger partial charge in [0.25, 0.3) is 5.56 Å². The lowest BCUT2D eigenvalue weighted by Crippen LogP contribution is -2.48. The van der Waals surface area contributed by atoms with Gasteiger partial charge in [-0.1, -0.05) is 24.2 Å². The van der Waals surface area contributed by atoms with Crippen LogP contribution in [-0.4, -0.2) is 82.2 Å². The van der Waals surface area contributed by atoms with Gasteiger partial charge < -0.3 is 19.7 Å². The molecule has 42 heavy (non-hydrogen) atoms. The Kier molecular flexibility index (Phi) is 8.99. The maximum Gasteiger partial charge on any atom is 0.260 e. The summed E-state index contributed by atoms with van der Waals surface area (Å²) in [7, 11) is 3.06. The van der Waals surface area contributed by atoms with E-state index < -0.39 is 0 Å². The molecule has 1 aliphatic heterocycles. The predicted octanol–water partition coefficient (Wildman–Crippen LogP) is 3.99. The smallest absolute Gasteiger partial charge is 0.260 e. The van der Waals surface area contributed by atoms with Crippen LogP contribution in [0.2, 0.25) is 5.02 Å². The number of nitrogens with one attached hydrogen (secondary N) is 1. The molecule has 0 saturated carbocycles. The molecule has 0 bridgehead atoms. The number of methoxy groups -OCH3 is 2. The van der Waals surface area contributed by atoms with Gasteiger partial charge in [-0.2, -0.15) is 4.98 Å². The number of benzene rings is 1. The fourth-order valence-corrected chi connectivity index (χ4v) is 5.27. The molecule has 218 valence electrons. The lowest BCUT2D eigenvalue weighted by molar-refractivity contribution is -0.127. The lowest BCUT2D eigenvalue weighted by Gasteiger charge is -2.34. The molecule has 4 aromatic rings. The molecule has 12 heteroatoms. The molecular formula is C30H32ClN7O4. The second-order valence-corrected chi connectivity index (χ2v) is 10.1. The van der Waals surface area contributed by atoms with E-state index in [1.165, 1.54) is 13.2 Å². The van der Waals surface area contributed by atoms with Gasteiger partial charge in [0.2, 0.25) is 11.9 Å². The molecule has 5 rings (SSSR count). The summed E-state index contributed by atoms with van der Waals surface area (Å²) in [4.78, 5) is 43.6. The molecule has 1 aromatic carbocycles. The molecule has 3 aromatic heterocycles. The molecule has 1 fully saturated rings. The number of aryl methyl sites for hydroxylation is 1. The fraction of sp³-hybridized carbons (Fsp3) is 0.300. The fourth-order valence-electron chi connectivity index (χ4n) is 4.98. The number of hydrogen-bond donors (Lipinski definition) is 1. The Hall–Kier alpha value is -4.48. The standard InChI is InChI=1S/C30H32ClN7O4/c1-4-26(39)37-14-12-36(13-15-37)10-7-11-38-28-20(19-33-30(35-28)34-25-8-5-6-9-32-25)16-23(29(38)40)22-17-21(41-2)18-24(42-3)27(22)31/h4-6,8-9,16-19H,1,7,10-15H2,2-3H3,(H,32,33,34,35). The molecule has 1 amide bonds. The van der Waals surface area contributed by atoms with Crippen molar-refractivity contribution in [2.45, 2.75) is 13.0 Å². The number of pyridine rings is 2. The quantitative estimate of drug-likeness (QED) is 0.274. The maximum absolute atomic E-state index is 14.1. The second-order valence-electron chi connectivity index (χ2n) is 9.74. The Morgan fingerprint density at radius 2 is 1.88 bits per heavy atom. The van der Waals surface area contributed by atoms with Crippen molar-refractivity contribution in [1.29, 1.82) is 0 Å². The van der Waals surface area contributed by atoms with Gasteiger partial charge in [0, 0.05) is 67.7 Å². The topological polar surface area (TPSA) is 115 Å². The zero-order valence-electron chi connectivity index (χ0n) is 23.5. The number of hydrogen-bond acceptors (Lipinski definition) is 9. The first-order valence-electron chi connectivity index (χ1n) is 13.6. The zero-order chi connectivity index (χ0) is 29.6. The number of aromatic nitrogens is 4. The van der Waals surface area contributed by atoms with Crippen LogP contribution in [-0.2, 0) is 11.3 Å². The van der Waals surface area contributed by atoms with Crippen LogP contribution in [0.4, 0.5) is 11.8 Å². The van der Waals surface area contributed by atoms with Crippen LogP contribution in [0.3, 0.4) is 0 Å². The molecular weight excluding hydrogens is 558 g/mol. The second kappa shape index (κ2) is 13.0. The molecule has 1 saturated heterocycles. The van der Waals surface area contributed by atoms with E-state index in [-0.39, 0.29) is 11.5 Å². The highest BCUT2D eigenvalue weighted by Crippen LogP contribution is 2.38. The monoisotopic (exact) mass is 589 g/mol. The number of carbonyl (C=O) groups excluding carboxylic acids is 1. The van der Waals surface area contributed by atoms with Gasteiger partial charge >= 0.3 is 0 Å². The van der Waals surface area contributed by atoms with Crippen molar-refractivity contribution in [1.82, 2.24) is 29.3 Å². The highest BCUT2D eigenvalue weighted by molar-refractivity contribution is 6.35. The van der Waals surface area contributed by atoms with Crippen LogP contribution < -0.4 is 20.3 Å². The molecule has 11 nitrogen and oxygen atoms in total. The average Bonchev–Trinajstić information content (AvgIpc) is 3.02. The number of ether oxygens (including phenoxy) is 2. The number of nitrogens with zero attached hydrogens (tertiary/aromatic N) is 6. The van der Waals surface area contributed by atoms with Crippen LogP contribution in [0.5, 0.6) is 11.5 Å². The molecule has 0 atom stereocenters. The summed E-state index contributed by atoms with van der Waals surface area (Å²) in [6.45, 7) is 7.56. The van der Waals surface area contributed by atoms with Crippen LogP contribution in [0.15, 0.2) is 66.2 Å². The summed E-state index contributed by atoms with van der Waals surface area (Å²) in [5, 5.41) is 4.08. The normalized spacial score (nSPS) is 13.6. The van der Waals surface area contributed by atoms with Gasteiger partial charge in [-0.25, -0.2) is 9.97 Å². The minimum Gasteiger partial charge on any atom is -0.497 e. The van der Waals surface area contributed by atoms with Crippen molar-refractivity contribution < 1.29 is 14.3 Å². The number of amides is 1. The third-order valence-corrected chi connectivity index (χ3v) is 7.59. The first kappa shape index (κ1) is 29.0. The summed E-state index contributed by atoms with van der Waals surface area (Å²) < 4.78 is 12.6. The van der Waals surface area contributed by atoms with Crippen LogP contribution in [0, 0.1) is 0 Å². The van der Waals surface area contributed by atoms with Crippen molar-refractivity contribution in [3.05, 3.63) is 76.8 Å². The molecule has 1 aliphatic rings. The predicted molar refractivity (Wildman–Crippen MR) is 163 cm³/mol. The Bertz CT molecular complexity index is 1650. The number of piperazine rings is 1. The number of rotatable bonds is 10. The number of fused-ring (bicyclic) bond motifs is 1. The molecule has 0 aliphatic carbocycles. The van der Waals surface area contributed by atoms with Crippen molar-refractivity contribution in [2.24, 2.45) is 0 Å². The summed E-state index contributed by atoms with van der Waals surface area (Å²) in [6, 6.07) is 10.6. The molecule has 0 unspecified atom stereocenters. The van der Waals surface area contributed by atoms with Crippen LogP contribution in [0.1, 0.15) is 6.42 Å². The third kappa shape index (κ3) is 6.22. The van der Waals surface area contributed by atoms with E-state index in [0.717, 1.165) is 19.6 Å². The van der Waals surface area contributed by atoms with E-state index in [1.807, 2.05) is 18.2 Å². The van der Waals surface area contributed by atoms with E-state index >= 15 is 0 Å². The van der Waals surface area contributed by atoms with Gasteiger partial charge in [-0.05, 0) is 43.3 Å². The molecule has 4 heterocycles. The summed E-state index contributed by atoms with van der Waals surface area (Å²) in [5.41, 5.74) is 1.12. The molecule has 0 radical (unpaired) electrons. The Morgan fingerprint density at radius 1 is 1.07 bits per heavy atom. The van der Waals surface area contributed by atoms with Gasteiger partial charge in [-0.3, -0.25) is 19.1 Å². The minimum absolute atomic E-state index is 0.0490. The summed E-state index contributed by atoms with van der Waals surface area (Å²) in [6.07, 6.45) is 5.39. The third-order valence-electron chi connectivity index (χ3n) is 7.20. The molecule has 0 spiro atoms.